The Morgan fingerprint density at radius 2 is 2.04 bits per heavy atom. The Balaban J connectivity index is 1.51. The maximum Gasteiger partial charge on any atom is 0.319 e. The second-order valence-electron chi connectivity index (χ2n) is 5.14. The van der Waals surface area contributed by atoms with Gasteiger partial charge in [-0.25, -0.2) is 4.79 Å². The van der Waals surface area contributed by atoms with Gasteiger partial charge in [-0.05, 0) is 18.2 Å². The first-order valence-electron chi connectivity index (χ1n) is 7.38. The monoisotopic (exact) mass is 329 g/mol. The first-order valence-corrected chi connectivity index (χ1v) is 7.38. The third-order valence-electron chi connectivity index (χ3n) is 3.50. The predicted molar refractivity (Wildman–Crippen MR) is 82.7 cm³/mol. The smallest absolute Gasteiger partial charge is 0.319 e. The molecule has 4 amide bonds. The number of urea groups is 1. The quantitative estimate of drug-likeness (QED) is 0.790. The minimum Gasteiger partial charge on any atom is -0.423 e. The van der Waals surface area contributed by atoms with Gasteiger partial charge in [0.2, 0.25) is 24.1 Å². The van der Waals surface area contributed by atoms with Gasteiger partial charge in [0.15, 0.2) is 0 Å². The Labute approximate surface area is 137 Å². The summed E-state index contributed by atoms with van der Waals surface area (Å²) in [4.78, 5) is 36.0. The van der Waals surface area contributed by atoms with E-state index in [-0.39, 0.29) is 37.7 Å². The molecule has 2 aromatic rings. The fourth-order valence-corrected chi connectivity index (χ4v) is 2.36. The molecular formula is C15H15N5O4. The number of anilines is 1. The van der Waals surface area contributed by atoms with Crippen LogP contribution in [0.2, 0.25) is 0 Å². The first kappa shape index (κ1) is 15.7. The summed E-state index contributed by atoms with van der Waals surface area (Å²) in [7, 11) is 0. The van der Waals surface area contributed by atoms with Gasteiger partial charge in [-0.2, -0.15) is 0 Å². The average molecular weight is 329 g/mol. The van der Waals surface area contributed by atoms with E-state index in [4.69, 9.17) is 4.42 Å². The largest absolute Gasteiger partial charge is 0.423 e. The van der Waals surface area contributed by atoms with Gasteiger partial charge < -0.3 is 15.1 Å². The normalized spacial score (nSPS) is 14.1. The van der Waals surface area contributed by atoms with Crippen LogP contribution in [0, 0.1) is 0 Å². The van der Waals surface area contributed by atoms with Gasteiger partial charge in [0.25, 0.3) is 0 Å². The Kier molecular flexibility index (Phi) is 4.50. The van der Waals surface area contributed by atoms with E-state index in [1.165, 1.54) is 6.39 Å². The van der Waals surface area contributed by atoms with Crippen molar-refractivity contribution in [3.05, 3.63) is 30.7 Å². The SMILES string of the molecule is O=C(NCCN1C(=O)CCC1=O)Nc1cccc(-c2nnco2)c1. The predicted octanol–water partition coefficient (Wildman–Crippen LogP) is 1.01. The fraction of sp³-hybridized carbons (Fsp3) is 0.267. The van der Waals surface area contributed by atoms with Gasteiger partial charge >= 0.3 is 6.03 Å². The molecule has 0 atom stereocenters. The van der Waals surface area contributed by atoms with Gasteiger partial charge in [0.05, 0.1) is 0 Å². The lowest BCUT2D eigenvalue weighted by molar-refractivity contribution is -0.138. The maximum atomic E-state index is 11.9. The third kappa shape index (κ3) is 3.57. The van der Waals surface area contributed by atoms with Gasteiger partial charge in [0.1, 0.15) is 0 Å². The highest BCUT2D eigenvalue weighted by atomic mass is 16.4. The lowest BCUT2D eigenvalue weighted by atomic mass is 10.2. The number of amides is 4. The molecule has 2 heterocycles. The number of imide groups is 1. The number of rotatable bonds is 5. The van der Waals surface area contributed by atoms with Gasteiger partial charge in [-0.3, -0.25) is 14.5 Å². The van der Waals surface area contributed by atoms with Crippen LogP contribution in [0.1, 0.15) is 12.8 Å². The van der Waals surface area contributed by atoms with Crippen LogP contribution in [-0.2, 0) is 9.59 Å². The van der Waals surface area contributed by atoms with Crippen molar-refractivity contribution in [1.82, 2.24) is 20.4 Å². The van der Waals surface area contributed by atoms with E-state index in [9.17, 15) is 14.4 Å². The van der Waals surface area contributed by atoms with Gasteiger partial charge in [-0.15, -0.1) is 10.2 Å². The second kappa shape index (κ2) is 6.90. The summed E-state index contributed by atoms with van der Waals surface area (Å²) in [5.74, 6) is -0.0472. The van der Waals surface area contributed by atoms with Crippen LogP contribution < -0.4 is 10.6 Å². The molecule has 1 aliphatic rings. The van der Waals surface area contributed by atoms with E-state index in [0.29, 0.717) is 17.1 Å². The molecule has 0 spiro atoms. The molecule has 0 saturated carbocycles. The fourth-order valence-electron chi connectivity index (χ4n) is 2.36. The average Bonchev–Trinajstić information content (AvgIpc) is 3.20. The number of hydrogen-bond acceptors (Lipinski definition) is 6. The molecule has 1 aromatic heterocycles. The standard InChI is InChI=1S/C15H15N5O4/c21-12-4-5-13(22)20(12)7-6-16-15(23)18-11-3-1-2-10(8-11)14-19-17-9-24-14/h1-3,8-9H,4-7H2,(H2,16,18,23). The number of hydrogen-bond donors (Lipinski definition) is 2. The summed E-state index contributed by atoms with van der Waals surface area (Å²) in [6, 6.07) is 6.50. The zero-order chi connectivity index (χ0) is 16.9. The summed E-state index contributed by atoms with van der Waals surface area (Å²) >= 11 is 0. The second-order valence-corrected chi connectivity index (χ2v) is 5.14. The van der Waals surface area contributed by atoms with Crippen LogP contribution in [0.3, 0.4) is 0 Å². The third-order valence-corrected chi connectivity index (χ3v) is 3.50. The lowest BCUT2D eigenvalue weighted by Crippen LogP contribution is -2.39. The molecule has 24 heavy (non-hydrogen) atoms. The molecule has 0 aliphatic carbocycles. The first-order chi connectivity index (χ1) is 11.6. The number of nitrogens with one attached hydrogen (secondary N) is 2. The van der Waals surface area contributed by atoms with Crippen molar-refractivity contribution in [2.45, 2.75) is 12.8 Å². The molecule has 0 bridgehead atoms. The Morgan fingerprint density at radius 3 is 2.75 bits per heavy atom. The van der Waals surface area contributed by atoms with E-state index in [1.54, 1.807) is 24.3 Å². The van der Waals surface area contributed by atoms with E-state index < -0.39 is 6.03 Å². The molecule has 9 nitrogen and oxygen atoms in total. The highest BCUT2D eigenvalue weighted by Crippen LogP contribution is 2.20. The topological polar surface area (TPSA) is 117 Å². The number of benzene rings is 1. The summed E-state index contributed by atoms with van der Waals surface area (Å²) in [6.45, 7) is 0.361. The van der Waals surface area contributed by atoms with Gasteiger partial charge in [-0.1, -0.05) is 6.07 Å². The van der Waals surface area contributed by atoms with Crippen LogP contribution in [0.15, 0.2) is 35.1 Å². The summed E-state index contributed by atoms with van der Waals surface area (Å²) in [5, 5.41) is 12.7. The number of aromatic nitrogens is 2. The minimum atomic E-state index is -0.434. The number of carbonyl (C=O) groups excluding carboxylic acids is 3. The molecule has 1 aliphatic heterocycles. The highest BCUT2D eigenvalue weighted by Gasteiger charge is 2.28. The number of carbonyl (C=O) groups is 3. The van der Waals surface area contributed by atoms with Crippen LogP contribution in [0.4, 0.5) is 10.5 Å². The van der Waals surface area contributed by atoms with Crippen LogP contribution in [0.5, 0.6) is 0 Å². The zero-order valence-electron chi connectivity index (χ0n) is 12.7. The highest BCUT2D eigenvalue weighted by molar-refractivity contribution is 6.02. The van der Waals surface area contributed by atoms with E-state index in [0.717, 1.165) is 4.90 Å². The van der Waals surface area contributed by atoms with E-state index >= 15 is 0 Å². The Morgan fingerprint density at radius 1 is 1.25 bits per heavy atom. The molecule has 9 heteroatoms. The number of likely N-dealkylation sites (tertiary alicyclic amines) is 1. The van der Waals surface area contributed by atoms with Crippen molar-refractivity contribution < 1.29 is 18.8 Å². The molecule has 1 saturated heterocycles. The summed E-state index contributed by atoms with van der Waals surface area (Å²) in [6.07, 6.45) is 1.71. The molecule has 1 fully saturated rings. The maximum absolute atomic E-state index is 11.9. The van der Waals surface area contributed by atoms with Gasteiger partial charge in [0, 0.05) is 37.2 Å². The Hall–Kier alpha value is -3.23. The van der Waals surface area contributed by atoms with E-state index in [2.05, 4.69) is 20.8 Å². The molecule has 0 unspecified atom stereocenters. The van der Waals surface area contributed by atoms with Crippen LogP contribution >= 0.6 is 0 Å². The summed E-state index contributed by atoms with van der Waals surface area (Å²) < 4.78 is 5.10. The molecule has 0 radical (unpaired) electrons. The number of nitrogens with zero attached hydrogens (tertiary/aromatic N) is 3. The molecular weight excluding hydrogens is 314 g/mol. The summed E-state index contributed by atoms with van der Waals surface area (Å²) in [5.41, 5.74) is 1.23. The lowest BCUT2D eigenvalue weighted by Gasteiger charge is -2.14. The van der Waals surface area contributed by atoms with Crippen LogP contribution in [-0.4, -0.2) is 46.0 Å². The Bertz CT molecular complexity index is 743. The van der Waals surface area contributed by atoms with Crippen molar-refractivity contribution in [2.24, 2.45) is 0 Å². The molecule has 124 valence electrons. The van der Waals surface area contributed by atoms with Crippen molar-refractivity contribution in [3.63, 3.8) is 0 Å². The van der Waals surface area contributed by atoms with Crippen LogP contribution in [0.25, 0.3) is 11.5 Å². The van der Waals surface area contributed by atoms with E-state index in [1.807, 2.05) is 0 Å². The molecule has 3 rings (SSSR count). The van der Waals surface area contributed by atoms with Crippen molar-refractivity contribution in [1.29, 1.82) is 0 Å². The minimum absolute atomic E-state index is 0.174. The zero-order valence-corrected chi connectivity index (χ0v) is 12.7. The molecule has 1 aromatic carbocycles. The van der Waals surface area contributed by atoms with Crippen molar-refractivity contribution in [3.8, 4) is 11.5 Å². The van der Waals surface area contributed by atoms with Crippen molar-refractivity contribution in [2.75, 3.05) is 18.4 Å². The molecule has 2 N–H and O–H groups in total. The van der Waals surface area contributed by atoms with Crippen molar-refractivity contribution >= 4 is 23.5 Å².